The van der Waals surface area contributed by atoms with Crippen molar-refractivity contribution in [3.8, 4) is 11.1 Å². The van der Waals surface area contributed by atoms with Gasteiger partial charge in [0.2, 0.25) is 0 Å². The highest BCUT2D eigenvalue weighted by Gasteiger charge is 2.16. The molecule has 2 aromatic carbocycles. The molecule has 29 heavy (non-hydrogen) atoms. The molecule has 0 fully saturated rings. The normalized spacial score (nSPS) is 15.8. The van der Waals surface area contributed by atoms with Gasteiger partial charge in [0.15, 0.2) is 0 Å². The van der Waals surface area contributed by atoms with Crippen molar-refractivity contribution < 1.29 is 0 Å². The van der Waals surface area contributed by atoms with Crippen LogP contribution in [0.1, 0.15) is 43.4 Å². The van der Waals surface area contributed by atoms with Crippen LogP contribution in [0, 0.1) is 19.8 Å². The van der Waals surface area contributed by atoms with Crippen LogP contribution in [0.3, 0.4) is 0 Å². The Hall–Kier alpha value is -2.86. The third-order valence-corrected chi connectivity index (χ3v) is 6.03. The quantitative estimate of drug-likeness (QED) is 0.441. The molecule has 148 valence electrons. The summed E-state index contributed by atoms with van der Waals surface area (Å²) in [5, 5.41) is 0. The second kappa shape index (κ2) is 9.56. The van der Waals surface area contributed by atoms with Crippen molar-refractivity contribution in [1.82, 2.24) is 0 Å². The van der Waals surface area contributed by atoms with Crippen LogP contribution in [-0.4, -0.2) is 0 Å². The summed E-state index contributed by atoms with van der Waals surface area (Å²) in [4.78, 5) is 0. The fourth-order valence-corrected chi connectivity index (χ4v) is 4.05. The third kappa shape index (κ3) is 4.95. The molecule has 0 saturated carbocycles. The van der Waals surface area contributed by atoms with Gasteiger partial charge in [0.1, 0.15) is 0 Å². The standard InChI is InChI=1S/C29H32/c1-6-7-9-12-21(2)24(5)25-15-17-27(18-16-25)29-20-22(3)28(19-23(29)4)26-13-10-8-11-14-26/h6-15,17,19-20,24H,1,16,18H2,2-5H3/b9-7-,21-12+. The smallest absolute Gasteiger partial charge is 0.00178 e. The summed E-state index contributed by atoms with van der Waals surface area (Å²) in [6.45, 7) is 12.7. The zero-order chi connectivity index (χ0) is 20.8. The lowest BCUT2D eigenvalue weighted by atomic mass is 9.83. The maximum Gasteiger partial charge on any atom is -0.00178 e. The molecule has 0 saturated heterocycles. The Morgan fingerprint density at radius 2 is 1.62 bits per heavy atom. The van der Waals surface area contributed by atoms with Crippen LogP contribution in [0.4, 0.5) is 0 Å². The number of aryl methyl sites for hydroxylation is 2. The molecule has 1 atom stereocenters. The lowest BCUT2D eigenvalue weighted by molar-refractivity contribution is 0.738. The largest absolute Gasteiger partial charge is 0.0991 e. The van der Waals surface area contributed by atoms with E-state index in [2.05, 4.69) is 101 Å². The van der Waals surface area contributed by atoms with Crippen molar-refractivity contribution in [2.24, 2.45) is 5.92 Å². The first kappa shape index (κ1) is 20.9. The van der Waals surface area contributed by atoms with Crippen molar-refractivity contribution in [2.75, 3.05) is 0 Å². The predicted octanol–water partition coefficient (Wildman–Crippen LogP) is 8.40. The van der Waals surface area contributed by atoms with Gasteiger partial charge in [0.05, 0.1) is 0 Å². The summed E-state index contributed by atoms with van der Waals surface area (Å²) in [6, 6.07) is 15.4. The van der Waals surface area contributed by atoms with E-state index in [-0.39, 0.29) is 0 Å². The Morgan fingerprint density at radius 3 is 2.28 bits per heavy atom. The Bertz CT molecular complexity index is 994. The molecule has 0 heterocycles. The maximum absolute atomic E-state index is 3.73. The maximum atomic E-state index is 3.73. The van der Waals surface area contributed by atoms with E-state index in [1.54, 1.807) is 0 Å². The molecule has 0 radical (unpaired) electrons. The molecule has 1 unspecified atom stereocenters. The summed E-state index contributed by atoms with van der Waals surface area (Å²) in [7, 11) is 0. The lowest BCUT2D eigenvalue weighted by Gasteiger charge is -2.22. The molecule has 0 spiro atoms. The average Bonchev–Trinajstić information content (AvgIpc) is 2.75. The monoisotopic (exact) mass is 380 g/mol. The van der Waals surface area contributed by atoms with Gasteiger partial charge in [0, 0.05) is 0 Å². The van der Waals surface area contributed by atoms with Crippen LogP contribution in [0.25, 0.3) is 16.7 Å². The molecular formula is C29H32. The van der Waals surface area contributed by atoms with Gasteiger partial charge in [0.25, 0.3) is 0 Å². The summed E-state index contributed by atoms with van der Waals surface area (Å²) >= 11 is 0. The fourth-order valence-electron chi connectivity index (χ4n) is 4.05. The fraction of sp³-hybridized carbons (Fsp3) is 0.241. The van der Waals surface area contributed by atoms with Crippen molar-refractivity contribution in [1.29, 1.82) is 0 Å². The molecule has 0 N–H and O–H groups in total. The first-order valence-corrected chi connectivity index (χ1v) is 10.5. The van der Waals surface area contributed by atoms with E-state index >= 15 is 0 Å². The van der Waals surface area contributed by atoms with E-state index in [1.165, 1.54) is 44.5 Å². The first-order valence-electron chi connectivity index (χ1n) is 10.5. The van der Waals surface area contributed by atoms with E-state index in [4.69, 9.17) is 0 Å². The van der Waals surface area contributed by atoms with Gasteiger partial charge in [-0.1, -0.05) is 104 Å². The van der Waals surface area contributed by atoms with E-state index in [9.17, 15) is 0 Å². The van der Waals surface area contributed by atoms with Crippen LogP contribution in [0.15, 0.2) is 96.6 Å². The molecule has 0 amide bonds. The molecular weight excluding hydrogens is 348 g/mol. The van der Waals surface area contributed by atoms with Crippen molar-refractivity contribution in [2.45, 2.75) is 40.5 Å². The molecule has 0 aliphatic heterocycles. The Kier molecular flexibility index (Phi) is 6.88. The molecule has 1 aliphatic rings. The van der Waals surface area contributed by atoms with E-state index in [0.717, 1.165) is 12.8 Å². The number of hydrogen-bond donors (Lipinski definition) is 0. The zero-order valence-electron chi connectivity index (χ0n) is 18.2. The van der Waals surface area contributed by atoms with Gasteiger partial charge in [-0.15, -0.1) is 0 Å². The predicted molar refractivity (Wildman–Crippen MR) is 129 cm³/mol. The van der Waals surface area contributed by atoms with Gasteiger partial charge in [-0.25, -0.2) is 0 Å². The Labute approximate surface area is 176 Å². The molecule has 0 nitrogen and oxygen atoms in total. The minimum absolute atomic E-state index is 0.477. The summed E-state index contributed by atoms with van der Waals surface area (Å²) in [6.07, 6.45) is 15.0. The van der Waals surface area contributed by atoms with Crippen LogP contribution >= 0.6 is 0 Å². The topological polar surface area (TPSA) is 0 Å². The second-order valence-electron chi connectivity index (χ2n) is 8.03. The zero-order valence-corrected chi connectivity index (χ0v) is 18.2. The second-order valence-corrected chi connectivity index (χ2v) is 8.03. The van der Waals surface area contributed by atoms with Gasteiger partial charge in [-0.05, 0) is 72.9 Å². The van der Waals surface area contributed by atoms with Crippen LogP contribution in [0.5, 0.6) is 0 Å². The first-order chi connectivity index (χ1) is 14.0. The highest BCUT2D eigenvalue weighted by Crippen LogP contribution is 2.36. The van der Waals surface area contributed by atoms with Crippen molar-refractivity contribution in [3.05, 3.63) is 113 Å². The SMILES string of the molecule is C=C/C=C\C=C(/C)C(C)C1=CC=C(c2cc(C)c(-c3ccccc3)cc2C)CC1. The number of hydrogen-bond acceptors (Lipinski definition) is 0. The van der Waals surface area contributed by atoms with Crippen molar-refractivity contribution in [3.63, 3.8) is 0 Å². The molecule has 1 aliphatic carbocycles. The third-order valence-electron chi connectivity index (χ3n) is 6.03. The molecule has 3 rings (SSSR count). The van der Waals surface area contributed by atoms with Crippen molar-refractivity contribution >= 4 is 5.57 Å². The number of benzene rings is 2. The highest BCUT2D eigenvalue weighted by molar-refractivity contribution is 5.77. The molecule has 0 heteroatoms. The van der Waals surface area contributed by atoms with Crippen LogP contribution in [-0.2, 0) is 0 Å². The minimum Gasteiger partial charge on any atom is -0.0991 e. The van der Waals surface area contributed by atoms with Gasteiger partial charge < -0.3 is 0 Å². The summed E-state index contributed by atoms with van der Waals surface area (Å²) < 4.78 is 0. The van der Waals surface area contributed by atoms with Gasteiger partial charge >= 0.3 is 0 Å². The van der Waals surface area contributed by atoms with E-state index < -0.39 is 0 Å². The average molecular weight is 381 g/mol. The van der Waals surface area contributed by atoms with E-state index in [0.29, 0.717) is 5.92 Å². The van der Waals surface area contributed by atoms with Gasteiger partial charge in [-0.3, -0.25) is 0 Å². The summed E-state index contributed by atoms with van der Waals surface area (Å²) in [5.74, 6) is 0.477. The van der Waals surface area contributed by atoms with Gasteiger partial charge in [-0.2, -0.15) is 0 Å². The molecule has 0 bridgehead atoms. The molecule has 2 aromatic rings. The number of allylic oxidation sites excluding steroid dienone is 9. The Morgan fingerprint density at radius 1 is 0.931 bits per heavy atom. The minimum atomic E-state index is 0.477. The highest BCUT2D eigenvalue weighted by atomic mass is 14.2. The van der Waals surface area contributed by atoms with Crippen LogP contribution < -0.4 is 0 Å². The lowest BCUT2D eigenvalue weighted by Crippen LogP contribution is -2.05. The summed E-state index contributed by atoms with van der Waals surface area (Å²) in [5.41, 5.74) is 11.1. The van der Waals surface area contributed by atoms with Crippen LogP contribution in [0.2, 0.25) is 0 Å². The number of rotatable bonds is 6. The Balaban J connectivity index is 1.85. The van der Waals surface area contributed by atoms with E-state index in [1.807, 2.05) is 12.2 Å². The molecule has 0 aromatic heterocycles.